The van der Waals surface area contributed by atoms with E-state index in [-0.39, 0.29) is 71.8 Å². The highest BCUT2D eigenvalue weighted by Gasteiger charge is 2.60. The van der Waals surface area contributed by atoms with E-state index in [1.54, 1.807) is 23.9 Å². The molecule has 4 unspecified atom stereocenters. The molecule has 8 aliphatic rings. The van der Waals surface area contributed by atoms with E-state index in [0.717, 1.165) is 114 Å². The molecule has 2 heterocycles. The first-order valence-corrected chi connectivity index (χ1v) is 28.4. The van der Waals surface area contributed by atoms with Gasteiger partial charge in [0.15, 0.2) is 0 Å². The van der Waals surface area contributed by atoms with E-state index in [1.165, 1.54) is 22.3 Å². The fourth-order valence-electron chi connectivity index (χ4n) is 16.5. The molecule has 14 heteroatoms. The predicted molar refractivity (Wildman–Crippen MR) is 284 cm³/mol. The molecule has 3 saturated carbocycles. The van der Waals surface area contributed by atoms with Gasteiger partial charge in [-0.05, 0) is 163 Å². The van der Waals surface area contributed by atoms with E-state index >= 15 is 0 Å². The van der Waals surface area contributed by atoms with Crippen LogP contribution in [0.5, 0.6) is 17.2 Å². The number of carbonyl (C=O) groups excluding carboxylic acids is 3. The van der Waals surface area contributed by atoms with Crippen molar-refractivity contribution in [3.8, 4) is 17.2 Å². The minimum Gasteiger partial charge on any atom is -0.410 e. The third kappa shape index (κ3) is 8.80. The van der Waals surface area contributed by atoms with E-state index in [2.05, 4.69) is 55.6 Å². The molecule has 2 aliphatic heterocycles. The van der Waals surface area contributed by atoms with Crippen LogP contribution in [-0.2, 0) is 27.4 Å². The highest BCUT2D eigenvalue weighted by Crippen LogP contribution is 2.64. The van der Waals surface area contributed by atoms with Crippen molar-refractivity contribution >= 4 is 18.3 Å². The summed E-state index contributed by atoms with van der Waals surface area (Å²) in [6.45, 7) is 6.50. The van der Waals surface area contributed by atoms with Crippen LogP contribution in [0.25, 0.3) is 0 Å². The smallest absolute Gasteiger partial charge is 0.410 e. The predicted octanol–water partition coefficient (Wildman–Crippen LogP) is 9.04. The third-order valence-corrected chi connectivity index (χ3v) is 20.8. The largest absolute Gasteiger partial charge is 0.415 e. The van der Waals surface area contributed by atoms with Crippen LogP contribution in [0.2, 0.25) is 0 Å². The minimum absolute atomic E-state index is 0.000753. The van der Waals surface area contributed by atoms with Gasteiger partial charge in [0.25, 0.3) is 0 Å². The number of likely N-dealkylation sites (N-methyl/N-ethyl adjacent to an activating group) is 1. The van der Waals surface area contributed by atoms with Crippen molar-refractivity contribution in [1.82, 2.24) is 15.1 Å². The zero-order chi connectivity index (χ0) is 51.7. The molecule has 0 aromatic heterocycles. The van der Waals surface area contributed by atoms with E-state index in [0.29, 0.717) is 49.3 Å². The average Bonchev–Trinajstić information content (AvgIpc) is 3.82. The quantitative estimate of drug-likeness (QED) is 0.151. The van der Waals surface area contributed by atoms with Crippen molar-refractivity contribution in [3.63, 3.8) is 0 Å². The van der Waals surface area contributed by atoms with Gasteiger partial charge in [-0.1, -0.05) is 83.4 Å². The second kappa shape index (κ2) is 20.3. The molecule has 2 saturated heterocycles. The Kier molecular flexibility index (Phi) is 14.1. The molecule has 6 bridgehead atoms. The lowest BCUT2D eigenvalue weighted by atomic mass is 9.45. The van der Waals surface area contributed by atoms with Crippen LogP contribution < -0.4 is 36.7 Å². The Hall–Kier alpha value is -4.73. The molecule has 5 fully saturated rings. The number of fused-ring (bicyclic) bond motifs is 12. The lowest BCUT2D eigenvalue weighted by molar-refractivity contribution is -0.0471. The lowest BCUT2D eigenvalue weighted by Gasteiger charge is -2.61. The van der Waals surface area contributed by atoms with Gasteiger partial charge in [0.2, 0.25) is 0 Å². The number of benzene rings is 3. The monoisotopic (exact) mass is 1010 g/mol. The molecule has 11 rings (SSSR count). The van der Waals surface area contributed by atoms with Crippen molar-refractivity contribution < 1.29 is 38.4 Å². The fourth-order valence-corrected chi connectivity index (χ4v) is 16.5. The number of nitrogens with zero attached hydrogens (tertiary/aromatic N) is 2. The molecule has 74 heavy (non-hydrogen) atoms. The number of aliphatic hydroxyl groups excluding tert-OH is 1. The second-order valence-electron chi connectivity index (χ2n) is 24.5. The van der Waals surface area contributed by atoms with E-state index in [9.17, 15) is 19.5 Å². The molecule has 3 aromatic carbocycles. The van der Waals surface area contributed by atoms with Crippen LogP contribution in [-0.4, -0.2) is 104 Å². The summed E-state index contributed by atoms with van der Waals surface area (Å²) in [4.78, 5) is 43.4. The molecule has 13 atom stereocenters. The van der Waals surface area contributed by atoms with E-state index < -0.39 is 29.1 Å². The van der Waals surface area contributed by atoms with Crippen molar-refractivity contribution in [3.05, 3.63) is 88.0 Å². The van der Waals surface area contributed by atoms with E-state index in [1.807, 2.05) is 18.2 Å². The molecule has 3 amide bonds. The third-order valence-electron chi connectivity index (χ3n) is 20.8. The summed E-state index contributed by atoms with van der Waals surface area (Å²) < 4.78 is 23.8. The summed E-state index contributed by atoms with van der Waals surface area (Å²) >= 11 is 0. The van der Waals surface area contributed by atoms with Gasteiger partial charge in [-0.15, -0.1) is 0 Å². The summed E-state index contributed by atoms with van der Waals surface area (Å²) in [6, 6.07) is 18.5. The molecule has 3 aromatic rings. The van der Waals surface area contributed by atoms with Crippen LogP contribution in [0.1, 0.15) is 162 Å². The van der Waals surface area contributed by atoms with Crippen molar-refractivity contribution in [2.45, 2.75) is 181 Å². The first-order chi connectivity index (χ1) is 35.6. The highest BCUT2D eigenvalue weighted by molar-refractivity contribution is 5.72. The van der Waals surface area contributed by atoms with Crippen LogP contribution in [0, 0.1) is 23.7 Å². The van der Waals surface area contributed by atoms with Gasteiger partial charge in [-0.2, -0.15) is 0 Å². The molecule has 6 aliphatic carbocycles. The Morgan fingerprint density at radius 3 is 2.15 bits per heavy atom. The SMILES string of the molecule is CNC(=O)Oc1ccc2c(c1)[C@@]1(C)C(C3c4ccc(OC(=O)N5CCC(O)C5)cc4[C@@]4(C)CCCCC[C@@H]3[C@@H]4N)CCCC[C@@H](C2C[C@@]23CCCCC[C@@H](Cc4ccc(OC(=O)N(C)C5COC5)cc42)[C@@H]3N)[C@@H]1N. The standard InChI is InChI=1S/C60H82N6O8/c1-58-24-11-6-8-15-45(53(58)62)51(44-22-20-41(29-49(44)58)74-57(70)66-26-23-38(67)32-66)47-16-10-9-14-43-46(42-21-19-39(72-55(68)64-3)30-50(42)59(47,2)54(43)63)31-60-25-12-5-7-13-36(52(60)61)27-35-17-18-40(28-48(35)60)73-56(69)65(4)37-33-71-34-37/h17-22,28-30,36-38,43,45-47,51-54,67H,5-16,23-27,31-34,61-63H2,1-4H3,(H,64,68)/t36-,38?,43-,45-,46?,47?,51?,52-,53-,54-,58+,59+,60-/m0/s1. The number of amides is 3. The first-order valence-electron chi connectivity index (χ1n) is 28.4. The normalized spacial score (nSPS) is 35.5. The maximum absolute atomic E-state index is 13.6. The summed E-state index contributed by atoms with van der Waals surface area (Å²) in [7, 11) is 3.36. The number of aliphatic hydroxyl groups is 1. The fraction of sp³-hybridized carbons (Fsp3) is 0.650. The zero-order valence-electron chi connectivity index (χ0n) is 44.3. The molecule has 14 nitrogen and oxygen atoms in total. The topological polar surface area (TPSA) is 205 Å². The van der Waals surface area contributed by atoms with Crippen LogP contribution in [0.15, 0.2) is 54.6 Å². The van der Waals surface area contributed by atoms with Crippen LogP contribution >= 0.6 is 0 Å². The van der Waals surface area contributed by atoms with Gasteiger partial charge >= 0.3 is 18.3 Å². The average molecular weight is 1020 g/mol. The Morgan fingerprint density at radius 2 is 1.41 bits per heavy atom. The molecule has 8 N–H and O–H groups in total. The number of β-amino-alcohol motifs (C(OH)–C–C–N with tert-alkyl or cyclic N) is 1. The van der Waals surface area contributed by atoms with Gasteiger partial charge in [-0.25, -0.2) is 14.4 Å². The van der Waals surface area contributed by atoms with Crippen molar-refractivity contribution in [1.29, 1.82) is 0 Å². The molecule has 0 spiro atoms. The van der Waals surface area contributed by atoms with Gasteiger partial charge < -0.3 is 56.4 Å². The number of nitrogens with one attached hydrogen (secondary N) is 1. The van der Waals surface area contributed by atoms with Gasteiger partial charge in [-0.3, -0.25) is 0 Å². The molecule has 400 valence electrons. The van der Waals surface area contributed by atoms with Crippen LogP contribution in [0.3, 0.4) is 0 Å². The second-order valence-corrected chi connectivity index (χ2v) is 24.5. The van der Waals surface area contributed by atoms with E-state index in [4.69, 9.17) is 36.1 Å². The van der Waals surface area contributed by atoms with Gasteiger partial charge in [0.05, 0.1) is 25.4 Å². The molecular formula is C60H82N6O8. The lowest BCUT2D eigenvalue weighted by Crippen LogP contribution is -2.63. The number of hydrogen-bond acceptors (Lipinski definition) is 11. The number of nitrogens with two attached hydrogens (primary N) is 3. The maximum Gasteiger partial charge on any atom is 0.415 e. The summed E-state index contributed by atoms with van der Waals surface area (Å²) in [5, 5.41) is 12.9. The Balaban J connectivity index is 1.03. The van der Waals surface area contributed by atoms with Crippen molar-refractivity contribution in [2.24, 2.45) is 40.9 Å². The zero-order valence-corrected chi connectivity index (χ0v) is 44.3. The van der Waals surface area contributed by atoms with Crippen LogP contribution in [0.4, 0.5) is 14.4 Å². The number of likely N-dealkylation sites (tertiary alicyclic amines) is 1. The number of ether oxygens (including phenoxy) is 4. The summed E-state index contributed by atoms with van der Waals surface area (Å²) in [5.41, 5.74) is 29.8. The van der Waals surface area contributed by atoms with Gasteiger partial charge in [0.1, 0.15) is 17.2 Å². The maximum atomic E-state index is 13.6. The minimum atomic E-state index is -0.578. The number of carbonyl (C=O) groups is 3. The van der Waals surface area contributed by atoms with Gasteiger partial charge in [0, 0.05) is 61.6 Å². The number of hydrogen-bond donors (Lipinski definition) is 5. The molecular weight excluding hydrogens is 933 g/mol. The Labute approximate surface area is 438 Å². The summed E-state index contributed by atoms with van der Waals surface area (Å²) in [5.74, 6) is 2.29. The first kappa shape index (κ1) is 51.4. The Bertz CT molecular complexity index is 2610. The molecule has 0 radical (unpaired) electrons. The Morgan fingerprint density at radius 1 is 0.743 bits per heavy atom. The summed E-state index contributed by atoms with van der Waals surface area (Å²) in [6.07, 6.45) is 15.0. The number of rotatable bonds is 7. The van der Waals surface area contributed by atoms with Crippen molar-refractivity contribution in [2.75, 3.05) is 40.4 Å². The highest BCUT2D eigenvalue weighted by atomic mass is 16.6.